The number of hydrogen-bond donors (Lipinski definition) is 1. The van der Waals surface area contributed by atoms with E-state index < -0.39 is 10.8 Å². The molecule has 6 heteroatoms. The lowest BCUT2D eigenvalue weighted by atomic mass is 10.3. The number of aryl methyl sites for hydroxylation is 1. The van der Waals surface area contributed by atoms with Gasteiger partial charge in [-0.05, 0) is 19.9 Å². The van der Waals surface area contributed by atoms with Crippen molar-refractivity contribution in [3.63, 3.8) is 0 Å². The molecular weight excluding hydrogens is 224 g/mol. The molecule has 0 fully saturated rings. The fourth-order valence-corrected chi connectivity index (χ4v) is 1.73. The standard InChI is InChI=1S/C10H20N4OS/c1-8(16(4)15)5-6-11-7-10-13-12-9(2)14(10)3/h8,11H,5-7H2,1-4H3. The number of rotatable bonds is 6. The second kappa shape index (κ2) is 6.10. The average Bonchev–Trinajstić information content (AvgIpc) is 2.55. The molecule has 2 unspecified atom stereocenters. The molecule has 0 aliphatic carbocycles. The normalized spacial score (nSPS) is 15.0. The van der Waals surface area contributed by atoms with E-state index in [1.165, 1.54) is 0 Å². The Kier molecular flexibility index (Phi) is 5.08. The molecule has 0 saturated carbocycles. The van der Waals surface area contributed by atoms with Crippen LogP contribution in [0.25, 0.3) is 0 Å². The highest BCUT2D eigenvalue weighted by Gasteiger charge is 2.06. The Bertz CT molecular complexity index is 364. The molecule has 0 bridgehead atoms. The highest BCUT2D eigenvalue weighted by molar-refractivity contribution is 7.84. The third kappa shape index (κ3) is 3.68. The van der Waals surface area contributed by atoms with Crippen LogP contribution in [-0.4, -0.2) is 37.0 Å². The van der Waals surface area contributed by atoms with Gasteiger partial charge in [-0.15, -0.1) is 10.2 Å². The molecule has 0 aliphatic heterocycles. The third-order valence-electron chi connectivity index (χ3n) is 2.76. The zero-order valence-corrected chi connectivity index (χ0v) is 11.2. The van der Waals surface area contributed by atoms with Crippen LogP contribution in [0.3, 0.4) is 0 Å². The summed E-state index contributed by atoms with van der Waals surface area (Å²) in [6.45, 7) is 5.50. The Balaban J connectivity index is 2.26. The molecule has 1 aromatic heterocycles. The van der Waals surface area contributed by atoms with E-state index in [0.717, 1.165) is 24.6 Å². The lowest BCUT2D eigenvalue weighted by Crippen LogP contribution is -2.22. The van der Waals surface area contributed by atoms with E-state index >= 15 is 0 Å². The van der Waals surface area contributed by atoms with Crippen molar-refractivity contribution in [1.82, 2.24) is 20.1 Å². The van der Waals surface area contributed by atoms with E-state index in [2.05, 4.69) is 15.5 Å². The van der Waals surface area contributed by atoms with Crippen molar-refractivity contribution in [2.24, 2.45) is 7.05 Å². The van der Waals surface area contributed by atoms with Crippen LogP contribution in [0.1, 0.15) is 25.0 Å². The maximum atomic E-state index is 11.1. The van der Waals surface area contributed by atoms with Gasteiger partial charge in [-0.2, -0.15) is 0 Å². The van der Waals surface area contributed by atoms with Gasteiger partial charge in [-0.25, -0.2) is 0 Å². The third-order valence-corrected chi connectivity index (χ3v) is 4.13. The maximum Gasteiger partial charge on any atom is 0.146 e. The minimum absolute atomic E-state index is 0.244. The van der Waals surface area contributed by atoms with Gasteiger partial charge in [-0.1, -0.05) is 6.92 Å². The fourth-order valence-electron chi connectivity index (χ4n) is 1.28. The Labute approximate surface area is 99.1 Å². The van der Waals surface area contributed by atoms with Gasteiger partial charge in [-0.3, -0.25) is 4.21 Å². The molecule has 92 valence electrons. The zero-order valence-electron chi connectivity index (χ0n) is 10.4. The molecule has 1 aromatic rings. The lowest BCUT2D eigenvalue weighted by Gasteiger charge is -2.08. The summed E-state index contributed by atoms with van der Waals surface area (Å²) < 4.78 is 13.1. The SMILES string of the molecule is Cc1nnc(CNCCC(C)S(C)=O)n1C. The van der Waals surface area contributed by atoms with Crippen LogP contribution in [-0.2, 0) is 24.4 Å². The van der Waals surface area contributed by atoms with E-state index in [9.17, 15) is 4.21 Å². The Morgan fingerprint density at radius 2 is 2.19 bits per heavy atom. The zero-order chi connectivity index (χ0) is 12.1. The first-order valence-electron chi connectivity index (χ1n) is 5.40. The molecule has 0 aromatic carbocycles. The van der Waals surface area contributed by atoms with Gasteiger partial charge >= 0.3 is 0 Å². The lowest BCUT2D eigenvalue weighted by molar-refractivity contribution is 0.601. The second-order valence-electron chi connectivity index (χ2n) is 4.00. The quantitative estimate of drug-likeness (QED) is 0.735. The van der Waals surface area contributed by atoms with E-state index in [4.69, 9.17) is 0 Å². The van der Waals surface area contributed by atoms with Crippen LogP contribution in [0.2, 0.25) is 0 Å². The summed E-state index contributed by atoms with van der Waals surface area (Å²) >= 11 is 0. The maximum absolute atomic E-state index is 11.1. The molecule has 0 radical (unpaired) electrons. The van der Waals surface area contributed by atoms with Gasteiger partial charge < -0.3 is 9.88 Å². The summed E-state index contributed by atoms with van der Waals surface area (Å²) in [7, 11) is 1.22. The number of nitrogens with one attached hydrogen (secondary N) is 1. The van der Waals surface area contributed by atoms with Gasteiger partial charge in [0.25, 0.3) is 0 Å². The van der Waals surface area contributed by atoms with Crippen LogP contribution in [0.4, 0.5) is 0 Å². The summed E-state index contributed by atoms with van der Waals surface area (Å²) in [5, 5.41) is 11.6. The number of hydrogen-bond acceptors (Lipinski definition) is 4. The number of aromatic nitrogens is 3. The molecule has 1 N–H and O–H groups in total. The molecule has 2 atom stereocenters. The Hall–Kier alpha value is -0.750. The largest absolute Gasteiger partial charge is 0.317 e. The van der Waals surface area contributed by atoms with E-state index in [1.54, 1.807) is 6.26 Å². The van der Waals surface area contributed by atoms with Gasteiger partial charge in [0.05, 0.1) is 6.54 Å². The Morgan fingerprint density at radius 1 is 1.50 bits per heavy atom. The minimum Gasteiger partial charge on any atom is -0.317 e. The van der Waals surface area contributed by atoms with Crippen molar-refractivity contribution in [3.05, 3.63) is 11.6 Å². The molecule has 0 saturated heterocycles. The van der Waals surface area contributed by atoms with Crippen molar-refractivity contribution < 1.29 is 4.21 Å². The molecule has 0 amide bonds. The summed E-state index contributed by atoms with van der Waals surface area (Å²) in [4.78, 5) is 0. The molecule has 5 nitrogen and oxygen atoms in total. The summed E-state index contributed by atoms with van der Waals surface area (Å²) in [5.41, 5.74) is 0. The summed E-state index contributed by atoms with van der Waals surface area (Å²) in [6, 6.07) is 0. The second-order valence-corrected chi connectivity index (χ2v) is 5.80. The number of nitrogens with zero attached hydrogens (tertiary/aromatic N) is 3. The van der Waals surface area contributed by atoms with Gasteiger partial charge in [0.1, 0.15) is 11.6 Å². The van der Waals surface area contributed by atoms with Crippen molar-refractivity contribution in [3.8, 4) is 0 Å². The minimum atomic E-state index is -0.732. The van der Waals surface area contributed by atoms with Gasteiger partial charge in [0.2, 0.25) is 0 Å². The summed E-state index contributed by atoms with van der Waals surface area (Å²) in [6.07, 6.45) is 2.66. The van der Waals surface area contributed by atoms with Gasteiger partial charge in [0.15, 0.2) is 0 Å². The van der Waals surface area contributed by atoms with Crippen molar-refractivity contribution in [2.75, 3.05) is 12.8 Å². The van der Waals surface area contributed by atoms with Crippen LogP contribution < -0.4 is 5.32 Å². The molecule has 0 spiro atoms. The predicted octanol–water partition coefficient (Wildman–Crippen LogP) is 0.370. The van der Waals surface area contributed by atoms with Crippen molar-refractivity contribution in [1.29, 1.82) is 0 Å². The average molecular weight is 244 g/mol. The van der Waals surface area contributed by atoms with Crippen molar-refractivity contribution >= 4 is 10.8 Å². The summed E-state index contributed by atoms with van der Waals surface area (Å²) in [5.74, 6) is 1.85. The van der Waals surface area contributed by atoms with Gasteiger partial charge in [0, 0.05) is 29.4 Å². The van der Waals surface area contributed by atoms with E-state index in [0.29, 0.717) is 6.54 Å². The molecule has 1 rings (SSSR count). The van der Waals surface area contributed by atoms with Crippen LogP contribution >= 0.6 is 0 Å². The van der Waals surface area contributed by atoms with Crippen LogP contribution in [0.15, 0.2) is 0 Å². The van der Waals surface area contributed by atoms with Crippen LogP contribution in [0.5, 0.6) is 0 Å². The predicted molar refractivity (Wildman–Crippen MR) is 65.6 cm³/mol. The first-order chi connectivity index (χ1) is 7.52. The van der Waals surface area contributed by atoms with Crippen LogP contribution in [0, 0.1) is 6.92 Å². The topological polar surface area (TPSA) is 59.8 Å². The Morgan fingerprint density at radius 3 is 2.69 bits per heavy atom. The monoisotopic (exact) mass is 244 g/mol. The van der Waals surface area contributed by atoms with Crippen molar-refractivity contribution in [2.45, 2.75) is 32.1 Å². The molecule has 16 heavy (non-hydrogen) atoms. The molecular formula is C10H20N4OS. The fraction of sp³-hybridized carbons (Fsp3) is 0.800. The first kappa shape index (κ1) is 13.3. The first-order valence-corrected chi connectivity index (χ1v) is 7.02. The smallest absolute Gasteiger partial charge is 0.146 e. The van der Waals surface area contributed by atoms with E-state index in [1.807, 2.05) is 25.5 Å². The molecule has 0 aliphatic rings. The van der Waals surface area contributed by atoms with E-state index in [-0.39, 0.29) is 5.25 Å². The highest BCUT2D eigenvalue weighted by atomic mass is 32.2. The molecule has 1 heterocycles. The highest BCUT2D eigenvalue weighted by Crippen LogP contribution is 1.99.